The number of carbonyl (C=O) groups is 15. The van der Waals surface area contributed by atoms with E-state index in [2.05, 4.69) is 78.4 Å². The quantitative estimate of drug-likeness (QED) is 0.0177. The van der Waals surface area contributed by atoms with Gasteiger partial charge in [0, 0.05) is 136 Å². The molecule has 2 saturated heterocycles. The smallest absolute Gasteiger partial charge is 0.250 e. The molecule has 42 heteroatoms. The molecule has 6 aromatic rings. The molecule has 0 saturated carbocycles. The summed E-state index contributed by atoms with van der Waals surface area (Å²) >= 11 is 0.809. The predicted octanol–water partition coefficient (Wildman–Crippen LogP) is -1.47. The zero-order chi connectivity index (χ0) is 96.2. The Kier molecular flexibility index (Phi) is 38.4. The lowest BCUT2D eigenvalue weighted by atomic mass is 10.00. The lowest BCUT2D eigenvalue weighted by molar-refractivity contribution is -0.149. The third-order valence-corrected chi connectivity index (χ3v) is 24.9. The molecule has 0 spiro atoms. The summed E-state index contributed by atoms with van der Waals surface area (Å²) in [7, 11) is 5.69. The molecule has 23 N–H and O–H groups in total. The summed E-state index contributed by atoms with van der Waals surface area (Å²) in [6.07, 6.45) is 7.58. The maximum absolute atomic E-state index is 15.7. The van der Waals surface area contributed by atoms with Crippen LogP contribution in [-0.4, -0.2) is 300 Å². The highest BCUT2D eigenvalue weighted by Crippen LogP contribution is 2.35. The number of aromatic amines is 3. The number of aliphatic hydroxyl groups is 2. The van der Waals surface area contributed by atoms with Crippen molar-refractivity contribution >= 4 is 128 Å². The first-order valence-electron chi connectivity index (χ1n) is 44.6. The molecular formula is C90H128N24O17S. The number of fused-ring (bicyclic) bond motifs is 3. The van der Waals surface area contributed by atoms with E-state index in [-0.39, 0.29) is 108 Å². The fraction of sp³-hybridized carbons (Fsp3) is 0.522. The highest BCUT2D eigenvalue weighted by molar-refractivity contribution is 8.00. The summed E-state index contributed by atoms with van der Waals surface area (Å²) in [6, 6.07) is 2.90. The predicted molar refractivity (Wildman–Crippen MR) is 493 cm³/mol. The molecule has 0 aliphatic carbocycles. The topological polar surface area (TPSA) is 607 Å². The van der Waals surface area contributed by atoms with Crippen LogP contribution < -0.4 is 75.7 Å². The minimum atomic E-state index is -1.79. The Morgan fingerprint density at radius 1 is 0.583 bits per heavy atom. The van der Waals surface area contributed by atoms with E-state index in [1.165, 1.54) is 55.3 Å². The van der Waals surface area contributed by atoms with Gasteiger partial charge in [-0.25, -0.2) is 4.98 Å². The van der Waals surface area contributed by atoms with Crippen molar-refractivity contribution in [2.24, 2.45) is 23.1 Å². The lowest BCUT2D eigenvalue weighted by Gasteiger charge is -2.36. The maximum Gasteiger partial charge on any atom is 0.250 e. The number of nitrogens with zero attached hydrogens (tertiary/aromatic N) is 6. The number of aromatic nitrogens is 4. The van der Waals surface area contributed by atoms with E-state index in [0.717, 1.165) is 16.7 Å². The van der Waals surface area contributed by atoms with E-state index in [0.29, 0.717) is 87.6 Å². The number of benzene rings is 3. The average molecular weight is 1850 g/mol. The number of hydrogen-bond donors (Lipinski definition) is 20. The minimum Gasteiger partial charge on any atom is -0.401 e. The maximum atomic E-state index is 15.7. The number of nitrogens with two attached hydrogens (primary N) is 3. The molecule has 0 unspecified atom stereocenters. The van der Waals surface area contributed by atoms with Gasteiger partial charge in [-0.3, -0.25) is 82.2 Å². The molecule has 132 heavy (non-hydrogen) atoms. The summed E-state index contributed by atoms with van der Waals surface area (Å²) < 4.78 is 0. The van der Waals surface area contributed by atoms with Crippen LogP contribution in [0.25, 0.3) is 21.8 Å². The first-order chi connectivity index (χ1) is 63.0. The Morgan fingerprint density at radius 3 is 1.76 bits per heavy atom. The van der Waals surface area contributed by atoms with Gasteiger partial charge in [0.2, 0.25) is 82.7 Å². The summed E-state index contributed by atoms with van der Waals surface area (Å²) in [5.74, 6) is -13.7. The standard InChI is InChI=1S/C90H128N24O17S/c1-10-12-24-72-84(126)104-63(23-18-32-96-90(93)94)80(122)109-70(79(121)99-42-75(92)117)47-132-48-77(119)103-66(34-52-26-28-53(45-115)29-27-52)86(128)111(7)51(5)78(120)106-68-38-60(91)71-30-31-73(114(71)88(68)130)85(127)105-65(37-56-41-95-49-100-56)81(123)101-57(33-50(3)4)43-110(6)44-76(118)102-64(35-54-39-97-61-21-16-14-19-58(54)61)82(124)108-69(46-116)83(125)107-67(36-55-40-98-62-22-17-15-20-59(55)62)87(129)113(9)74(25-13-11-2)89(131)112(72)8/h14-17,19-22,26-29,39-41,49-51,57,63-70,72-74,97-98,115-116H,10-13,18,23-25,30-38,42-48,91H2,1-9H3,(H2,92,117)(H,95,100)(H,99,121)(H,101,123)(H,102,118)(H,103,119)(H,104,126)(H,105,127)(H,106,120)(H,107,125)(H,108,124)(H,109,122)(H4,93,94,96)/t51-,57-,63-,64-,65-,66-,67-,68-,69-,70-,72-,73-,74-/m0/s1. The molecule has 3 aromatic heterocycles. The zero-order valence-corrected chi connectivity index (χ0v) is 76.9. The molecule has 6 heterocycles. The van der Waals surface area contributed by atoms with Crippen LogP contribution in [0, 0.1) is 11.3 Å². The minimum absolute atomic E-state index is 0.0113. The van der Waals surface area contributed by atoms with E-state index < -0.39 is 198 Å². The second kappa shape index (κ2) is 49.3. The van der Waals surface area contributed by atoms with Crippen molar-refractivity contribution in [3.05, 3.63) is 137 Å². The molecule has 41 nitrogen and oxygen atoms in total. The van der Waals surface area contributed by atoms with Crippen LogP contribution in [0.5, 0.6) is 0 Å². The van der Waals surface area contributed by atoms with Gasteiger partial charge in [-0.05, 0) is 99.2 Å². The van der Waals surface area contributed by atoms with Crippen molar-refractivity contribution in [3.8, 4) is 0 Å². The lowest BCUT2D eigenvalue weighted by Crippen LogP contribution is -2.61. The number of allylic oxidation sites excluding steroid dienone is 1. The van der Waals surface area contributed by atoms with Gasteiger partial charge in [-0.2, -0.15) is 0 Å². The number of amides is 15. The summed E-state index contributed by atoms with van der Waals surface area (Å²) in [4.78, 5) is 241. The third-order valence-electron chi connectivity index (χ3n) is 23.8. The van der Waals surface area contributed by atoms with E-state index >= 15 is 24.0 Å². The van der Waals surface area contributed by atoms with Gasteiger partial charge in [-0.15, -0.1) is 11.8 Å². The number of H-pyrrole nitrogens is 3. The molecule has 716 valence electrons. The number of para-hydroxylation sites is 2. The number of thioether (sulfide) groups is 1. The Balaban J connectivity index is 1.07. The zero-order valence-electron chi connectivity index (χ0n) is 76.1. The number of primary amides is 1. The second-order valence-corrected chi connectivity index (χ2v) is 35.4. The molecule has 3 aromatic carbocycles. The van der Waals surface area contributed by atoms with E-state index in [1.54, 1.807) is 78.9 Å². The van der Waals surface area contributed by atoms with Crippen LogP contribution >= 0.6 is 11.8 Å². The Hall–Kier alpha value is -13.0. The summed E-state index contributed by atoms with van der Waals surface area (Å²) in [6.45, 7) is 6.60. The van der Waals surface area contributed by atoms with Crippen molar-refractivity contribution in [1.29, 1.82) is 5.41 Å². The van der Waals surface area contributed by atoms with Crippen molar-refractivity contribution in [3.63, 3.8) is 0 Å². The normalized spacial score (nSPS) is 24.0. The van der Waals surface area contributed by atoms with Crippen LogP contribution in [0.1, 0.15) is 140 Å². The molecule has 3 aliphatic rings. The van der Waals surface area contributed by atoms with E-state index in [1.807, 2.05) is 45.9 Å². The number of imidazole rings is 1. The number of rotatable bonds is 25. The molecule has 9 rings (SSSR count). The second-order valence-electron chi connectivity index (χ2n) is 34.4. The molecular weight excluding hydrogens is 1720 g/mol. The number of nitrogens with one attached hydrogen (secondary N) is 15. The van der Waals surface area contributed by atoms with E-state index in [4.69, 9.17) is 22.6 Å². The molecule has 2 fully saturated rings. The number of carbonyl (C=O) groups excluding carboxylic acids is 15. The van der Waals surface area contributed by atoms with Crippen LogP contribution in [0.4, 0.5) is 0 Å². The fourth-order valence-electron chi connectivity index (χ4n) is 16.5. The van der Waals surface area contributed by atoms with Gasteiger partial charge >= 0.3 is 0 Å². The number of unbranched alkanes of at least 4 members (excludes halogenated alkanes) is 2. The fourth-order valence-corrected chi connectivity index (χ4v) is 17.4. The third kappa shape index (κ3) is 28.5. The van der Waals surface area contributed by atoms with E-state index in [9.17, 15) is 58.2 Å². The first kappa shape index (κ1) is 103. The monoisotopic (exact) mass is 1850 g/mol. The van der Waals surface area contributed by atoms with Crippen LogP contribution in [0.15, 0.2) is 109 Å². The molecule has 2 bridgehead atoms. The van der Waals surface area contributed by atoms with Gasteiger partial charge < -0.3 is 120 Å². The van der Waals surface area contributed by atoms with Crippen LogP contribution in [-0.2, 0) is 104 Å². The molecule has 0 radical (unpaired) electrons. The number of aliphatic hydroxyl groups excluding tert-OH is 2. The van der Waals surface area contributed by atoms with Crippen molar-refractivity contribution in [2.45, 2.75) is 223 Å². The number of guanidine groups is 1. The van der Waals surface area contributed by atoms with Crippen molar-refractivity contribution in [2.75, 3.05) is 72.5 Å². The summed E-state index contributed by atoms with van der Waals surface area (Å²) in [5, 5.41) is 60.4. The molecule has 13 atom stereocenters. The number of hydrogen-bond acceptors (Lipinski definition) is 22. The average Bonchev–Trinajstić information content (AvgIpc) is 1.59. The van der Waals surface area contributed by atoms with Crippen LogP contribution in [0.3, 0.4) is 0 Å². The van der Waals surface area contributed by atoms with Crippen LogP contribution in [0.2, 0.25) is 0 Å². The highest BCUT2D eigenvalue weighted by Gasteiger charge is 2.47. The molecule has 3 aliphatic heterocycles. The highest BCUT2D eigenvalue weighted by atomic mass is 32.2. The van der Waals surface area contributed by atoms with Gasteiger partial charge in [-0.1, -0.05) is 114 Å². The van der Waals surface area contributed by atoms with Gasteiger partial charge in [0.1, 0.15) is 72.5 Å². The largest absolute Gasteiger partial charge is 0.401 e. The van der Waals surface area contributed by atoms with Gasteiger partial charge in [0.15, 0.2) is 5.96 Å². The van der Waals surface area contributed by atoms with Crippen molar-refractivity contribution < 1.29 is 82.1 Å². The van der Waals surface area contributed by atoms with Gasteiger partial charge in [0.05, 0.1) is 38.4 Å². The van der Waals surface area contributed by atoms with Gasteiger partial charge in [0.25, 0.3) is 5.91 Å². The number of likely N-dealkylation sites (N-methyl/N-ethyl adjacent to an activating group) is 4. The Labute approximate surface area is 770 Å². The van der Waals surface area contributed by atoms with Crippen molar-refractivity contribution in [1.82, 2.24) is 103 Å². The first-order valence-corrected chi connectivity index (χ1v) is 45.8. The Bertz CT molecular complexity index is 5100. The molecule has 15 amide bonds. The summed E-state index contributed by atoms with van der Waals surface area (Å²) in [5.41, 5.74) is 22.3. The SMILES string of the molecule is CCCC[C@H]1C(=O)N(C)[C@@H](CCCC)C(=O)N[C@@H](CCCNC(=N)N)C(=O)N[C@H](C(=O)NCC(N)=O)CSCC(=O)N[C@@H](Cc2ccc(CO)cc2)C(=O)N(C)[C@@H](C)C(=O)N[C@H]2CC(N)=C3CC[C@@H](C(=O)N[C@@H](Cc4cnc[nH]4)C(=O)N[C@@H](CC(C)C)CN(C)CC(=O)N[C@@H](Cc4c[nH]c5ccccc45)C(=O)N[C@@H](CO)C(=O)N[C@@H](Cc4c[nH]c5ccccc45)C(=O)N1C)N3C2=O. The Morgan fingerprint density at radius 2 is 1.14 bits per heavy atom.